The molecule has 19 heavy (non-hydrogen) atoms. The summed E-state index contributed by atoms with van der Waals surface area (Å²) >= 11 is 1.76. The largest absolute Gasteiger partial charge is 0.366 e. The molecule has 1 heterocycles. The number of nitrogens with one attached hydrogen (secondary N) is 2. The van der Waals surface area contributed by atoms with Crippen LogP contribution >= 0.6 is 11.8 Å². The van der Waals surface area contributed by atoms with Crippen molar-refractivity contribution in [3.8, 4) is 0 Å². The maximum absolute atomic E-state index is 12.1. The molecule has 1 aromatic rings. The maximum atomic E-state index is 12.1. The lowest BCUT2D eigenvalue weighted by Gasteiger charge is -2.22. The van der Waals surface area contributed by atoms with Gasteiger partial charge in [0.25, 0.3) is 0 Å². The van der Waals surface area contributed by atoms with Gasteiger partial charge in [0.05, 0.1) is 6.04 Å². The lowest BCUT2D eigenvalue weighted by Crippen LogP contribution is -2.46. The number of carbonyl (C=O) groups is 2. The van der Waals surface area contributed by atoms with Crippen molar-refractivity contribution in [1.82, 2.24) is 5.32 Å². The van der Waals surface area contributed by atoms with Crippen LogP contribution in [0.4, 0.5) is 5.69 Å². The highest BCUT2D eigenvalue weighted by molar-refractivity contribution is 7.99. The molecule has 0 spiro atoms. The lowest BCUT2D eigenvalue weighted by atomic mass is 10.1. The van der Waals surface area contributed by atoms with E-state index in [2.05, 4.69) is 10.6 Å². The number of rotatable bonds is 3. The van der Waals surface area contributed by atoms with Gasteiger partial charge in [-0.05, 0) is 24.6 Å². The Kier molecular flexibility index (Phi) is 4.44. The molecule has 1 aliphatic heterocycles. The van der Waals surface area contributed by atoms with Crippen LogP contribution in [0.2, 0.25) is 0 Å². The summed E-state index contributed by atoms with van der Waals surface area (Å²) in [4.78, 5) is 23.4. The number of carbonyl (C=O) groups excluding carboxylic acids is 2. The zero-order valence-corrected chi connectivity index (χ0v) is 11.5. The molecule has 1 atom stereocenters. The minimum atomic E-state index is -0.486. The van der Waals surface area contributed by atoms with Crippen LogP contribution in [0.25, 0.3) is 0 Å². The third-order valence-electron chi connectivity index (χ3n) is 3.10. The first-order valence-electron chi connectivity index (χ1n) is 6.11. The quantitative estimate of drug-likeness (QED) is 0.762. The fraction of sp³-hybridized carbons (Fsp3) is 0.385. The highest BCUT2D eigenvalue weighted by Gasteiger charge is 2.21. The van der Waals surface area contributed by atoms with Crippen molar-refractivity contribution in [3.05, 3.63) is 29.3 Å². The van der Waals surface area contributed by atoms with E-state index in [0.717, 1.165) is 18.1 Å². The summed E-state index contributed by atoms with van der Waals surface area (Å²) in [6.45, 7) is 2.61. The molecule has 0 aliphatic carbocycles. The molecule has 4 N–H and O–H groups in total. The Morgan fingerprint density at radius 3 is 2.89 bits per heavy atom. The topological polar surface area (TPSA) is 84.2 Å². The number of thioether (sulfide) groups is 1. The van der Waals surface area contributed by atoms with Crippen molar-refractivity contribution in [3.63, 3.8) is 0 Å². The number of benzene rings is 1. The van der Waals surface area contributed by atoms with E-state index in [1.807, 2.05) is 0 Å². The van der Waals surface area contributed by atoms with E-state index in [4.69, 9.17) is 5.73 Å². The molecule has 5 nitrogen and oxygen atoms in total. The zero-order valence-electron chi connectivity index (χ0n) is 10.7. The van der Waals surface area contributed by atoms with Gasteiger partial charge in [0.1, 0.15) is 0 Å². The van der Waals surface area contributed by atoms with E-state index < -0.39 is 5.91 Å². The second-order valence-electron chi connectivity index (χ2n) is 4.41. The van der Waals surface area contributed by atoms with Gasteiger partial charge in [-0.3, -0.25) is 9.59 Å². The van der Waals surface area contributed by atoms with Gasteiger partial charge >= 0.3 is 0 Å². The van der Waals surface area contributed by atoms with Crippen LogP contribution in [0, 0.1) is 6.92 Å². The van der Waals surface area contributed by atoms with Crippen LogP contribution in [0.15, 0.2) is 18.2 Å². The molecule has 1 unspecified atom stereocenters. The van der Waals surface area contributed by atoms with E-state index in [-0.39, 0.29) is 11.9 Å². The second kappa shape index (κ2) is 6.08. The van der Waals surface area contributed by atoms with Crippen molar-refractivity contribution in [2.24, 2.45) is 5.73 Å². The third-order valence-corrected chi connectivity index (χ3v) is 4.16. The molecule has 102 valence electrons. The van der Waals surface area contributed by atoms with Gasteiger partial charge in [-0.25, -0.2) is 0 Å². The Hall–Kier alpha value is -1.53. The van der Waals surface area contributed by atoms with Gasteiger partial charge in [-0.2, -0.15) is 11.8 Å². The summed E-state index contributed by atoms with van der Waals surface area (Å²) < 4.78 is 0. The smallest absolute Gasteiger partial charge is 0.249 e. The number of nitrogens with two attached hydrogens (primary N) is 1. The maximum Gasteiger partial charge on any atom is 0.249 e. The fourth-order valence-corrected chi connectivity index (χ4v) is 2.93. The van der Waals surface area contributed by atoms with Crippen molar-refractivity contribution in [2.45, 2.75) is 13.0 Å². The van der Waals surface area contributed by atoms with Gasteiger partial charge in [0.15, 0.2) is 0 Å². The summed E-state index contributed by atoms with van der Waals surface area (Å²) in [5, 5.41) is 6.02. The summed E-state index contributed by atoms with van der Waals surface area (Å²) in [6, 6.07) is 4.96. The second-order valence-corrected chi connectivity index (χ2v) is 5.56. The fourth-order valence-electron chi connectivity index (χ4n) is 1.99. The first kappa shape index (κ1) is 13.9. The first-order chi connectivity index (χ1) is 9.09. The van der Waals surface area contributed by atoms with Crippen molar-refractivity contribution in [2.75, 3.05) is 23.4 Å². The third kappa shape index (κ3) is 3.27. The molecule has 0 saturated carbocycles. The van der Waals surface area contributed by atoms with Crippen molar-refractivity contribution < 1.29 is 9.59 Å². The van der Waals surface area contributed by atoms with Crippen molar-refractivity contribution >= 4 is 29.3 Å². The Morgan fingerprint density at radius 2 is 2.26 bits per heavy atom. The van der Waals surface area contributed by atoms with E-state index >= 15 is 0 Å². The number of amides is 2. The Morgan fingerprint density at radius 1 is 1.47 bits per heavy atom. The monoisotopic (exact) mass is 279 g/mol. The molecule has 0 bridgehead atoms. The molecular weight excluding hydrogens is 262 g/mol. The predicted molar refractivity (Wildman–Crippen MR) is 77.4 cm³/mol. The summed E-state index contributed by atoms with van der Waals surface area (Å²) in [7, 11) is 0. The van der Waals surface area contributed by atoms with Crippen LogP contribution in [0.3, 0.4) is 0 Å². The van der Waals surface area contributed by atoms with Gasteiger partial charge < -0.3 is 16.4 Å². The molecule has 1 saturated heterocycles. The zero-order chi connectivity index (χ0) is 13.8. The van der Waals surface area contributed by atoms with E-state index in [9.17, 15) is 9.59 Å². The molecule has 1 fully saturated rings. The van der Waals surface area contributed by atoms with Crippen LogP contribution < -0.4 is 16.4 Å². The van der Waals surface area contributed by atoms with Crippen LogP contribution in [0.1, 0.15) is 15.9 Å². The molecule has 0 radical (unpaired) electrons. The molecule has 2 amide bonds. The van der Waals surface area contributed by atoms with Gasteiger partial charge in [-0.1, -0.05) is 6.07 Å². The molecular formula is C13H17N3O2S. The molecule has 6 heteroatoms. The first-order valence-corrected chi connectivity index (χ1v) is 7.26. The SMILES string of the molecule is Cc1c(NC(=O)C2CSCCN2)cccc1C(N)=O. The van der Waals surface area contributed by atoms with E-state index in [0.29, 0.717) is 16.8 Å². The molecule has 1 aliphatic rings. The molecule has 2 rings (SSSR count). The average Bonchev–Trinajstić information content (AvgIpc) is 2.41. The van der Waals surface area contributed by atoms with Gasteiger partial charge in [-0.15, -0.1) is 0 Å². The van der Waals surface area contributed by atoms with Crippen LogP contribution in [-0.2, 0) is 4.79 Å². The number of anilines is 1. The minimum absolute atomic E-state index is 0.0723. The standard InChI is InChI=1S/C13H17N3O2S/c1-8-9(12(14)17)3-2-4-10(8)16-13(18)11-7-19-6-5-15-11/h2-4,11,15H,5-7H2,1H3,(H2,14,17)(H,16,18). The van der Waals surface area contributed by atoms with Crippen LogP contribution in [-0.4, -0.2) is 35.9 Å². The Bertz CT molecular complexity index is 499. The number of hydrogen-bond donors (Lipinski definition) is 3. The number of primary amides is 1. The Balaban J connectivity index is 2.12. The lowest BCUT2D eigenvalue weighted by molar-refractivity contribution is -0.117. The number of hydrogen-bond acceptors (Lipinski definition) is 4. The Labute approximate surface area is 116 Å². The van der Waals surface area contributed by atoms with E-state index in [1.165, 1.54) is 0 Å². The highest BCUT2D eigenvalue weighted by atomic mass is 32.2. The predicted octanol–water partition coefficient (Wildman–Crippen LogP) is 0.737. The summed E-state index contributed by atoms with van der Waals surface area (Å²) in [5.74, 6) is 1.23. The summed E-state index contributed by atoms with van der Waals surface area (Å²) in [6.07, 6.45) is 0. The normalized spacial score (nSPS) is 18.9. The summed E-state index contributed by atoms with van der Waals surface area (Å²) in [5.41, 5.74) is 7.06. The van der Waals surface area contributed by atoms with Gasteiger partial charge in [0, 0.05) is 29.3 Å². The highest BCUT2D eigenvalue weighted by Crippen LogP contribution is 2.19. The van der Waals surface area contributed by atoms with Gasteiger partial charge in [0.2, 0.25) is 11.8 Å². The minimum Gasteiger partial charge on any atom is -0.366 e. The van der Waals surface area contributed by atoms with E-state index in [1.54, 1.807) is 36.9 Å². The van der Waals surface area contributed by atoms with Crippen molar-refractivity contribution in [1.29, 1.82) is 0 Å². The average molecular weight is 279 g/mol. The van der Waals surface area contributed by atoms with Crippen LogP contribution in [0.5, 0.6) is 0 Å². The molecule has 0 aromatic heterocycles. The molecule has 1 aromatic carbocycles.